The zero-order valence-electron chi connectivity index (χ0n) is 15.0. The molecule has 144 valence electrons. The molecular weight excluding hydrogens is 370 g/mol. The molecule has 7 nitrogen and oxygen atoms in total. The van der Waals surface area contributed by atoms with E-state index >= 15 is 0 Å². The lowest BCUT2D eigenvalue weighted by Crippen LogP contribution is -2.14. The molecule has 0 saturated carbocycles. The monoisotopic (exact) mass is 391 g/mol. The van der Waals surface area contributed by atoms with Crippen LogP contribution < -0.4 is 5.32 Å². The van der Waals surface area contributed by atoms with E-state index in [4.69, 9.17) is 9.84 Å². The topological polar surface area (TPSA) is 110 Å². The van der Waals surface area contributed by atoms with Crippen molar-refractivity contribution in [2.24, 2.45) is 0 Å². The first kappa shape index (κ1) is 20.6. The Morgan fingerprint density at radius 3 is 2.19 bits per heavy atom. The second-order valence-corrected chi connectivity index (χ2v) is 8.08. The van der Waals surface area contributed by atoms with Gasteiger partial charge in [0.1, 0.15) is 0 Å². The molecule has 27 heavy (non-hydrogen) atoms. The third-order valence-electron chi connectivity index (χ3n) is 4.07. The van der Waals surface area contributed by atoms with Gasteiger partial charge in [-0.05, 0) is 48.9 Å². The summed E-state index contributed by atoms with van der Waals surface area (Å²) in [6, 6.07) is 12.2. The molecule has 0 bridgehead atoms. The number of methoxy groups -OCH3 is 1. The first-order valence-corrected chi connectivity index (χ1v) is 9.85. The number of hydrogen-bond donors (Lipinski definition) is 2. The lowest BCUT2D eigenvalue weighted by Gasteiger charge is -2.09. The van der Waals surface area contributed by atoms with Crippen LogP contribution in [0.5, 0.6) is 0 Å². The lowest BCUT2D eigenvalue weighted by atomic mass is 10.0. The number of carbonyl (C=O) groups is 2. The zero-order chi connectivity index (χ0) is 20.0. The molecule has 0 spiro atoms. The summed E-state index contributed by atoms with van der Waals surface area (Å²) in [5.41, 5.74) is 1.45. The molecule has 8 heteroatoms. The highest BCUT2D eigenvalue weighted by Crippen LogP contribution is 2.19. The number of carboxylic acid groups (broad SMARTS) is 1. The van der Waals surface area contributed by atoms with Crippen molar-refractivity contribution in [2.75, 3.05) is 24.8 Å². The predicted octanol–water partition coefficient (Wildman–Crippen LogP) is 2.55. The molecule has 1 unspecified atom stereocenters. The van der Waals surface area contributed by atoms with Gasteiger partial charge in [0.05, 0.1) is 23.2 Å². The van der Waals surface area contributed by atoms with Crippen LogP contribution in [0.25, 0.3) is 0 Å². The Balaban J connectivity index is 2.07. The third-order valence-corrected chi connectivity index (χ3v) is 5.77. The molecule has 0 aromatic heterocycles. The van der Waals surface area contributed by atoms with Crippen LogP contribution in [0, 0.1) is 0 Å². The van der Waals surface area contributed by atoms with Crippen LogP contribution in [-0.4, -0.2) is 44.9 Å². The zero-order valence-corrected chi connectivity index (χ0v) is 15.8. The van der Waals surface area contributed by atoms with E-state index in [2.05, 4.69) is 5.32 Å². The van der Waals surface area contributed by atoms with E-state index in [0.29, 0.717) is 16.8 Å². The summed E-state index contributed by atoms with van der Waals surface area (Å²) in [7, 11) is -2.02. The van der Waals surface area contributed by atoms with E-state index in [1.165, 1.54) is 31.4 Å². The molecule has 2 N–H and O–H groups in total. The van der Waals surface area contributed by atoms with E-state index < -0.39 is 27.6 Å². The minimum absolute atomic E-state index is 0.0983. The first-order valence-electron chi connectivity index (χ1n) is 8.20. The van der Waals surface area contributed by atoms with Gasteiger partial charge in [-0.2, -0.15) is 0 Å². The van der Waals surface area contributed by atoms with Gasteiger partial charge in [0, 0.05) is 18.4 Å². The molecule has 0 aliphatic heterocycles. The summed E-state index contributed by atoms with van der Waals surface area (Å²) in [6.45, 7) is 1.68. The Labute approximate surface area is 157 Å². The molecule has 1 atom stereocenters. The molecule has 2 rings (SSSR count). The second kappa shape index (κ2) is 8.79. The fraction of sp³-hybridized carbons (Fsp3) is 0.263. The summed E-state index contributed by atoms with van der Waals surface area (Å²) in [5.74, 6) is -2.08. The van der Waals surface area contributed by atoms with Crippen LogP contribution in [0.3, 0.4) is 0 Å². The average molecular weight is 391 g/mol. The minimum Gasteiger partial charge on any atom is -0.481 e. The molecule has 0 radical (unpaired) electrons. The van der Waals surface area contributed by atoms with Gasteiger partial charge >= 0.3 is 5.97 Å². The van der Waals surface area contributed by atoms with Crippen molar-refractivity contribution in [3.05, 3.63) is 59.7 Å². The van der Waals surface area contributed by atoms with Crippen LogP contribution in [0.2, 0.25) is 0 Å². The first-order chi connectivity index (χ1) is 12.7. The normalized spacial score (nSPS) is 12.4. The summed E-state index contributed by atoms with van der Waals surface area (Å²) >= 11 is 0. The number of ether oxygens (including phenoxy) is 1. The maximum absolute atomic E-state index is 12.3. The SMILES string of the molecule is COCCS(=O)(=O)c1ccc(C(=O)Nc2ccc(C(C)C(=O)O)cc2)cc1. The molecule has 1 amide bonds. The van der Waals surface area contributed by atoms with Gasteiger partial charge in [-0.1, -0.05) is 12.1 Å². The number of carbonyl (C=O) groups excluding carboxylic acids is 1. The van der Waals surface area contributed by atoms with E-state index in [9.17, 15) is 18.0 Å². The number of aliphatic carboxylic acids is 1. The number of nitrogens with one attached hydrogen (secondary N) is 1. The Morgan fingerprint density at radius 1 is 1.07 bits per heavy atom. The summed E-state index contributed by atoms with van der Waals surface area (Å²) in [5, 5.41) is 11.7. The highest BCUT2D eigenvalue weighted by atomic mass is 32.2. The summed E-state index contributed by atoms with van der Waals surface area (Å²) < 4.78 is 28.9. The smallest absolute Gasteiger partial charge is 0.310 e. The van der Waals surface area contributed by atoms with E-state index in [1.54, 1.807) is 31.2 Å². The molecular formula is C19H21NO6S. The van der Waals surface area contributed by atoms with Crippen molar-refractivity contribution < 1.29 is 27.9 Å². The number of anilines is 1. The number of benzene rings is 2. The van der Waals surface area contributed by atoms with E-state index in [1.807, 2.05) is 0 Å². The van der Waals surface area contributed by atoms with Crippen molar-refractivity contribution >= 4 is 27.4 Å². The number of carboxylic acids is 1. The molecule has 0 saturated heterocycles. The van der Waals surface area contributed by atoms with Gasteiger partial charge in [0.2, 0.25) is 0 Å². The number of sulfone groups is 1. The standard InChI is InChI=1S/C19H21NO6S/c1-13(19(22)23)14-3-7-16(8-4-14)20-18(21)15-5-9-17(10-6-15)27(24,25)12-11-26-2/h3-10,13H,11-12H2,1-2H3,(H,20,21)(H,22,23). The van der Waals surface area contributed by atoms with Gasteiger partial charge in [-0.25, -0.2) is 8.42 Å². The van der Waals surface area contributed by atoms with Crippen LogP contribution in [0.4, 0.5) is 5.69 Å². The predicted molar refractivity (Wildman–Crippen MR) is 101 cm³/mol. The number of rotatable bonds is 8. The van der Waals surface area contributed by atoms with Gasteiger partial charge in [-0.15, -0.1) is 0 Å². The van der Waals surface area contributed by atoms with Gasteiger partial charge < -0.3 is 15.2 Å². The number of amides is 1. The largest absolute Gasteiger partial charge is 0.481 e. The van der Waals surface area contributed by atoms with Crippen molar-refractivity contribution in [3.8, 4) is 0 Å². The molecule has 2 aromatic rings. The van der Waals surface area contributed by atoms with E-state index in [-0.39, 0.29) is 17.3 Å². The third kappa shape index (κ3) is 5.38. The van der Waals surface area contributed by atoms with Crippen LogP contribution in [0.1, 0.15) is 28.8 Å². The van der Waals surface area contributed by atoms with Gasteiger partial charge in [0.15, 0.2) is 9.84 Å². The molecule has 0 heterocycles. The summed E-state index contributed by atoms with van der Waals surface area (Å²) in [6.07, 6.45) is 0. The lowest BCUT2D eigenvalue weighted by molar-refractivity contribution is -0.138. The molecule has 0 aliphatic rings. The molecule has 0 fully saturated rings. The quantitative estimate of drug-likeness (QED) is 0.716. The molecule has 0 aliphatic carbocycles. The maximum Gasteiger partial charge on any atom is 0.310 e. The minimum atomic E-state index is -3.45. The van der Waals surface area contributed by atoms with Gasteiger partial charge in [-0.3, -0.25) is 9.59 Å². The van der Waals surface area contributed by atoms with Crippen LogP contribution >= 0.6 is 0 Å². The molecule has 2 aromatic carbocycles. The van der Waals surface area contributed by atoms with Crippen molar-refractivity contribution in [1.82, 2.24) is 0 Å². The average Bonchev–Trinajstić information content (AvgIpc) is 2.66. The highest BCUT2D eigenvalue weighted by Gasteiger charge is 2.16. The Bertz CT molecular complexity index is 904. The van der Waals surface area contributed by atoms with Crippen LogP contribution in [-0.2, 0) is 19.4 Å². The highest BCUT2D eigenvalue weighted by molar-refractivity contribution is 7.91. The Kier molecular flexibility index (Phi) is 6.70. The van der Waals surface area contributed by atoms with Crippen molar-refractivity contribution in [2.45, 2.75) is 17.7 Å². The second-order valence-electron chi connectivity index (χ2n) is 5.97. The van der Waals surface area contributed by atoms with Gasteiger partial charge in [0.25, 0.3) is 5.91 Å². The number of hydrogen-bond acceptors (Lipinski definition) is 5. The fourth-order valence-corrected chi connectivity index (χ4v) is 3.50. The maximum atomic E-state index is 12.3. The van der Waals surface area contributed by atoms with Crippen LogP contribution in [0.15, 0.2) is 53.4 Å². The Hall–Kier alpha value is -2.71. The Morgan fingerprint density at radius 2 is 1.67 bits per heavy atom. The van der Waals surface area contributed by atoms with E-state index in [0.717, 1.165) is 0 Å². The van der Waals surface area contributed by atoms with Crippen molar-refractivity contribution in [1.29, 1.82) is 0 Å². The van der Waals surface area contributed by atoms with Crippen molar-refractivity contribution in [3.63, 3.8) is 0 Å². The summed E-state index contributed by atoms with van der Waals surface area (Å²) in [4.78, 5) is 23.4. The fourth-order valence-electron chi connectivity index (χ4n) is 2.33.